The Morgan fingerprint density at radius 3 is 2.53 bits per heavy atom. The van der Waals surface area contributed by atoms with Crippen molar-refractivity contribution >= 4 is 5.69 Å². The Balaban J connectivity index is 2.91. The number of pyridine rings is 1. The molecule has 0 saturated heterocycles. The molecule has 0 bridgehead atoms. The summed E-state index contributed by atoms with van der Waals surface area (Å²) in [7, 11) is 1.95. The monoisotopic (exact) mass is 265 g/mol. The van der Waals surface area contributed by atoms with E-state index >= 15 is 0 Å². The van der Waals surface area contributed by atoms with Crippen LogP contribution in [0.3, 0.4) is 0 Å². The second-order valence-corrected chi connectivity index (χ2v) is 5.30. The lowest BCUT2D eigenvalue weighted by atomic mass is 9.96. The second-order valence-electron chi connectivity index (χ2n) is 5.30. The van der Waals surface area contributed by atoms with Crippen molar-refractivity contribution in [3.05, 3.63) is 33.1 Å². The number of rotatable bonds is 6. The van der Waals surface area contributed by atoms with Gasteiger partial charge in [0.1, 0.15) is 0 Å². The van der Waals surface area contributed by atoms with Crippen LogP contribution in [0.5, 0.6) is 0 Å². The van der Waals surface area contributed by atoms with E-state index in [1.54, 1.807) is 20.0 Å². The van der Waals surface area contributed by atoms with Gasteiger partial charge in [-0.15, -0.1) is 0 Å². The normalized spacial score (nSPS) is 12.7. The summed E-state index contributed by atoms with van der Waals surface area (Å²) in [6.07, 6.45) is 3.29. The fourth-order valence-corrected chi connectivity index (χ4v) is 2.40. The van der Waals surface area contributed by atoms with Gasteiger partial charge < -0.3 is 5.32 Å². The number of nitro groups is 1. The summed E-state index contributed by atoms with van der Waals surface area (Å²) >= 11 is 0. The first-order valence-electron chi connectivity index (χ1n) is 6.65. The number of nitrogens with zero attached hydrogens (tertiary/aromatic N) is 2. The molecule has 19 heavy (non-hydrogen) atoms. The molecule has 1 rings (SSSR count). The predicted octanol–water partition coefficient (Wildman–Crippen LogP) is 2.78. The van der Waals surface area contributed by atoms with E-state index in [2.05, 4.69) is 24.1 Å². The summed E-state index contributed by atoms with van der Waals surface area (Å²) in [4.78, 5) is 15.1. The smallest absolute Gasteiger partial charge is 0.278 e. The van der Waals surface area contributed by atoms with Gasteiger partial charge in [0.25, 0.3) is 5.69 Å². The maximum absolute atomic E-state index is 11.1. The maximum Gasteiger partial charge on any atom is 0.278 e. The van der Waals surface area contributed by atoms with Crippen LogP contribution in [-0.2, 0) is 6.42 Å². The first-order valence-corrected chi connectivity index (χ1v) is 6.65. The predicted molar refractivity (Wildman–Crippen MR) is 76.4 cm³/mol. The van der Waals surface area contributed by atoms with Gasteiger partial charge in [-0.05, 0) is 39.7 Å². The molecule has 0 spiro atoms. The Hall–Kier alpha value is -1.49. The Morgan fingerprint density at radius 2 is 2.05 bits per heavy atom. The third-order valence-electron chi connectivity index (χ3n) is 3.63. The van der Waals surface area contributed by atoms with Crippen LogP contribution in [0.2, 0.25) is 0 Å². The first kappa shape index (κ1) is 15.6. The van der Waals surface area contributed by atoms with Gasteiger partial charge in [-0.1, -0.05) is 13.8 Å². The zero-order valence-corrected chi connectivity index (χ0v) is 12.4. The summed E-state index contributed by atoms with van der Waals surface area (Å²) in [6, 6.07) is 0.404. The molecule has 1 heterocycles. The maximum atomic E-state index is 11.1. The quantitative estimate of drug-likeness (QED) is 0.634. The molecule has 1 aromatic heterocycles. The van der Waals surface area contributed by atoms with Crippen LogP contribution in [0.25, 0.3) is 0 Å². The molecule has 0 aliphatic heterocycles. The zero-order valence-electron chi connectivity index (χ0n) is 12.4. The Labute approximate surface area is 114 Å². The largest absolute Gasteiger partial charge is 0.317 e. The van der Waals surface area contributed by atoms with Crippen molar-refractivity contribution in [2.75, 3.05) is 7.05 Å². The zero-order chi connectivity index (χ0) is 14.6. The molecule has 1 unspecified atom stereocenters. The molecule has 1 N–H and O–H groups in total. The topological polar surface area (TPSA) is 68.1 Å². The SMILES string of the molecule is CNC(CCc1ncc(C)c([N+](=O)[O-])c1C)C(C)C. The summed E-state index contributed by atoms with van der Waals surface area (Å²) in [5.41, 5.74) is 2.36. The van der Waals surface area contributed by atoms with Crippen LogP contribution in [-0.4, -0.2) is 23.0 Å². The summed E-state index contributed by atoms with van der Waals surface area (Å²) in [6.45, 7) is 7.85. The molecule has 0 aliphatic carbocycles. The lowest BCUT2D eigenvalue weighted by Crippen LogP contribution is -2.31. The minimum atomic E-state index is -0.312. The van der Waals surface area contributed by atoms with Crippen molar-refractivity contribution in [1.82, 2.24) is 10.3 Å². The molecule has 5 nitrogen and oxygen atoms in total. The molecule has 1 atom stereocenters. The van der Waals surface area contributed by atoms with Crippen molar-refractivity contribution in [3.8, 4) is 0 Å². The van der Waals surface area contributed by atoms with Crippen LogP contribution < -0.4 is 5.32 Å². The Morgan fingerprint density at radius 1 is 1.42 bits per heavy atom. The van der Waals surface area contributed by atoms with E-state index in [-0.39, 0.29) is 10.6 Å². The van der Waals surface area contributed by atoms with Crippen LogP contribution in [0.15, 0.2) is 6.20 Å². The van der Waals surface area contributed by atoms with Crippen LogP contribution >= 0.6 is 0 Å². The summed E-state index contributed by atoms with van der Waals surface area (Å²) in [5, 5.41) is 14.3. The molecule has 0 saturated carbocycles. The van der Waals surface area contributed by atoms with Gasteiger partial charge in [0.05, 0.1) is 10.6 Å². The highest BCUT2D eigenvalue weighted by molar-refractivity contribution is 5.47. The van der Waals surface area contributed by atoms with E-state index in [0.717, 1.165) is 18.5 Å². The third-order valence-corrected chi connectivity index (χ3v) is 3.63. The van der Waals surface area contributed by atoms with Crippen LogP contribution in [0, 0.1) is 29.9 Å². The van der Waals surface area contributed by atoms with Crippen LogP contribution in [0.4, 0.5) is 5.69 Å². The van der Waals surface area contributed by atoms with Crippen LogP contribution in [0.1, 0.15) is 37.1 Å². The molecule has 0 aliphatic rings. The van der Waals surface area contributed by atoms with E-state index in [1.807, 2.05) is 7.05 Å². The highest BCUT2D eigenvalue weighted by Crippen LogP contribution is 2.25. The molecule has 1 aromatic rings. The minimum Gasteiger partial charge on any atom is -0.317 e. The van der Waals surface area contributed by atoms with Crippen molar-refractivity contribution in [3.63, 3.8) is 0 Å². The molecular formula is C14H23N3O2. The third kappa shape index (κ3) is 3.73. The van der Waals surface area contributed by atoms with E-state index in [4.69, 9.17) is 0 Å². The molecule has 106 valence electrons. The molecule has 0 aromatic carbocycles. The standard InChI is InChI=1S/C14H23N3O2/c1-9(2)12(15-5)6-7-13-11(4)14(17(18)19)10(3)8-16-13/h8-9,12,15H,6-7H2,1-5H3. The van der Waals surface area contributed by atoms with Gasteiger partial charge in [-0.3, -0.25) is 15.1 Å². The number of hydrogen-bond acceptors (Lipinski definition) is 4. The number of nitrogens with one attached hydrogen (secondary N) is 1. The highest BCUT2D eigenvalue weighted by Gasteiger charge is 2.19. The Kier molecular flexibility index (Phi) is 5.42. The van der Waals surface area contributed by atoms with E-state index in [1.165, 1.54) is 0 Å². The summed E-state index contributed by atoms with van der Waals surface area (Å²) in [5.74, 6) is 0.533. The fraction of sp³-hybridized carbons (Fsp3) is 0.643. The lowest BCUT2D eigenvalue weighted by Gasteiger charge is -2.20. The van der Waals surface area contributed by atoms with Crippen molar-refractivity contribution < 1.29 is 4.92 Å². The second kappa shape index (κ2) is 6.61. The van der Waals surface area contributed by atoms with E-state index < -0.39 is 0 Å². The number of aromatic nitrogens is 1. The lowest BCUT2D eigenvalue weighted by molar-refractivity contribution is -0.386. The highest BCUT2D eigenvalue weighted by atomic mass is 16.6. The molecule has 0 amide bonds. The van der Waals surface area contributed by atoms with Crippen molar-refractivity contribution in [2.45, 2.75) is 46.6 Å². The van der Waals surface area contributed by atoms with Gasteiger partial charge >= 0.3 is 0 Å². The Bertz CT molecular complexity index is 458. The molecular weight excluding hydrogens is 242 g/mol. The average molecular weight is 265 g/mol. The van der Waals surface area contributed by atoms with E-state index in [0.29, 0.717) is 23.1 Å². The van der Waals surface area contributed by atoms with Gasteiger partial charge in [0, 0.05) is 23.4 Å². The minimum absolute atomic E-state index is 0.204. The number of hydrogen-bond donors (Lipinski definition) is 1. The molecule has 5 heteroatoms. The van der Waals surface area contributed by atoms with E-state index in [9.17, 15) is 10.1 Å². The average Bonchev–Trinajstić information content (AvgIpc) is 2.31. The summed E-state index contributed by atoms with van der Waals surface area (Å²) < 4.78 is 0. The van der Waals surface area contributed by atoms with Gasteiger partial charge in [-0.25, -0.2) is 0 Å². The van der Waals surface area contributed by atoms with Crippen molar-refractivity contribution in [1.29, 1.82) is 0 Å². The molecule has 0 radical (unpaired) electrons. The fourth-order valence-electron chi connectivity index (χ4n) is 2.40. The van der Waals surface area contributed by atoms with Gasteiger partial charge in [-0.2, -0.15) is 0 Å². The first-order chi connectivity index (χ1) is 8.88. The van der Waals surface area contributed by atoms with Gasteiger partial charge in [0.15, 0.2) is 0 Å². The number of aryl methyl sites for hydroxylation is 2. The van der Waals surface area contributed by atoms with Gasteiger partial charge in [0.2, 0.25) is 0 Å². The van der Waals surface area contributed by atoms with Crippen molar-refractivity contribution in [2.24, 2.45) is 5.92 Å². The molecule has 0 fully saturated rings.